The summed E-state index contributed by atoms with van der Waals surface area (Å²) >= 11 is 5.38. The fourth-order valence-corrected chi connectivity index (χ4v) is 3.25. The van der Waals surface area contributed by atoms with Gasteiger partial charge in [-0.15, -0.1) is 0 Å². The van der Waals surface area contributed by atoms with Crippen LogP contribution in [0.5, 0.6) is 5.88 Å². The minimum absolute atomic E-state index is 0.447. The molecule has 1 aliphatic rings. The molecule has 6 nitrogen and oxygen atoms in total. The summed E-state index contributed by atoms with van der Waals surface area (Å²) < 4.78 is 5.35. The Morgan fingerprint density at radius 1 is 1.27 bits per heavy atom. The third kappa shape index (κ3) is 4.82. The molecular weight excluding hydrogens is 346 g/mol. The molecule has 0 radical (unpaired) electrons. The zero-order chi connectivity index (χ0) is 18.4. The van der Waals surface area contributed by atoms with Gasteiger partial charge in [0.15, 0.2) is 5.11 Å². The molecule has 0 saturated carbocycles. The summed E-state index contributed by atoms with van der Waals surface area (Å²) in [7, 11) is 1.61. The third-order valence-corrected chi connectivity index (χ3v) is 4.76. The lowest BCUT2D eigenvalue weighted by molar-refractivity contribution is 0.396. The normalized spacial score (nSPS) is 16.8. The highest BCUT2D eigenvalue weighted by atomic mass is 32.1. The van der Waals surface area contributed by atoms with Crippen molar-refractivity contribution >= 4 is 29.1 Å². The van der Waals surface area contributed by atoms with Gasteiger partial charge in [0.25, 0.3) is 0 Å². The molecule has 1 aromatic heterocycles. The van der Waals surface area contributed by atoms with Gasteiger partial charge in [-0.25, -0.2) is 0 Å². The molecule has 1 aliphatic heterocycles. The minimum atomic E-state index is 0.447. The van der Waals surface area contributed by atoms with E-state index < -0.39 is 0 Å². The SMILES string of the molecule is COc1cc(N2CCCC[C@@H]2C)nc(NC(=S)NCc2ccccc2)n1. The predicted molar refractivity (Wildman–Crippen MR) is 109 cm³/mol. The standard InChI is InChI=1S/C19H25N5OS/c1-14-8-6-7-11-24(14)16-12-17(25-2)22-18(21-16)23-19(26)20-13-15-9-4-3-5-10-15/h3-5,9-10,12,14H,6-8,11,13H2,1-2H3,(H2,20,21,22,23,26)/t14-/m0/s1. The van der Waals surface area contributed by atoms with Crippen molar-refractivity contribution in [3.8, 4) is 5.88 Å². The molecule has 0 amide bonds. The van der Waals surface area contributed by atoms with Gasteiger partial charge in [-0.1, -0.05) is 30.3 Å². The van der Waals surface area contributed by atoms with Crippen LogP contribution in [-0.2, 0) is 6.54 Å². The lowest BCUT2D eigenvalue weighted by atomic mass is 10.0. The molecule has 7 heteroatoms. The maximum Gasteiger partial charge on any atom is 0.234 e. The van der Waals surface area contributed by atoms with Crippen molar-refractivity contribution in [1.82, 2.24) is 15.3 Å². The zero-order valence-corrected chi connectivity index (χ0v) is 16.1. The van der Waals surface area contributed by atoms with Crippen LogP contribution in [0.15, 0.2) is 36.4 Å². The van der Waals surface area contributed by atoms with Crippen molar-refractivity contribution in [2.24, 2.45) is 0 Å². The van der Waals surface area contributed by atoms with Crippen molar-refractivity contribution in [2.75, 3.05) is 23.9 Å². The van der Waals surface area contributed by atoms with Crippen LogP contribution in [0, 0.1) is 0 Å². The number of ether oxygens (including phenoxy) is 1. The number of benzene rings is 1. The summed E-state index contributed by atoms with van der Waals surface area (Å²) in [6, 6.07) is 12.4. The van der Waals surface area contributed by atoms with Crippen molar-refractivity contribution < 1.29 is 4.74 Å². The van der Waals surface area contributed by atoms with Crippen molar-refractivity contribution in [1.29, 1.82) is 0 Å². The van der Waals surface area contributed by atoms with Gasteiger partial charge in [0.1, 0.15) is 5.82 Å². The number of hydrogen-bond donors (Lipinski definition) is 2. The van der Waals surface area contributed by atoms with Crippen LogP contribution in [0.3, 0.4) is 0 Å². The molecular formula is C19H25N5OS. The first-order valence-electron chi connectivity index (χ1n) is 8.94. The Labute approximate surface area is 160 Å². The monoisotopic (exact) mass is 371 g/mol. The number of nitrogens with zero attached hydrogens (tertiary/aromatic N) is 3. The number of anilines is 2. The van der Waals surface area contributed by atoms with E-state index >= 15 is 0 Å². The van der Waals surface area contributed by atoms with E-state index in [0.717, 1.165) is 17.9 Å². The van der Waals surface area contributed by atoms with Gasteiger partial charge in [-0.05, 0) is 44.0 Å². The second kappa shape index (κ2) is 8.80. The molecule has 138 valence electrons. The summed E-state index contributed by atoms with van der Waals surface area (Å²) in [5.41, 5.74) is 1.16. The number of thiocarbonyl (C=S) groups is 1. The first-order chi connectivity index (χ1) is 12.7. The first-order valence-corrected chi connectivity index (χ1v) is 9.35. The van der Waals surface area contributed by atoms with E-state index in [4.69, 9.17) is 17.0 Å². The quantitative estimate of drug-likeness (QED) is 0.782. The minimum Gasteiger partial charge on any atom is -0.481 e. The maximum atomic E-state index is 5.38. The third-order valence-electron chi connectivity index (χ3n) is 4.52. The molecule has 3 rings (SSSR count). The highest BCUT2D eigenvalue weighted by Gasteiger charge is 2.21. The second-order valence-corrected chi connectivity index (χ2v) is 6.83. The number of methoxy groups -OCH3 is 1. The Morgan fingerprint density at radius 3 is 2.81 bits per heavy atom. The van der Waals surface area contributed by atoms with Crippen LogP contribution < -0.4 is 20.3 Å². The Hall–Kier alpha value is -2.41. The van der Waals surface area contributed by atoms with E-state index in [1.165, 1.54) is 19.3 Å². The molecule has 0 aliphatic carbocycles. The highest BCUT2D eigenvalue weighted by Crippen LogP contribution is 2.26. The Morgan fingerprint density at radius 2 is 2.08 bits per heavy atom. The average molecular weight is 372 g/mol. The van der Waals surface area contributed by atoms with Gasteiger partial charge in [0.2, 0.25) is 11.8 Å². The lowest BCUT2D eigenvalue weighted by Gasteiger charge is -2.34. The number of aromatic nitrogens is 2. The molecule has 1 fully saturated rings. The summed E-state index contributed by atoms with van der Waals surface area (Å²) in [4.78, 5) is 11.3. The van der Waals surface area contributed by atoms with E-state index in [-0.39, 0.29) is 0 Å². The summed E-state index contributed by atoms with van der Waals surface area (Å²) in [5.74, 6) is 1.85. The average Bonchev–Trinajstić information content (AvgIpc) is 2.67. The smallest absolute Gasteiger partial charge is 0.234 e. The number of piperidine rings is 1. The molecule has 2 aromatic rings. The fourth-order valence-electron chi connectivity index (χ4n) is 3.08. The van der Waals surface area contributed by atoms with E-state index in [9.17, 15) is 0 Å². The van der Waals surface area contributed by atoms with Crippen LogP contribution in [0.1, 0.15) is 31.7 Å². The van der Waals surface area contributed by atoms with Crippen LogP contribution in [-0.4, -0.2) is 34.8 Å². The van der Waals surface area contributed by atoms with E-state index in [0.29, 0.717) is 29.5 Å². The van der Waals surface area contributed by atoms with Crippen molar-refractivity contribution in [3.05, 3.63) is 42.0 Å². The van der Waals surface area contributed by atoms with Gasteiger partial charge in [-0.2, -0.15) is 9.97 Å². The number of nitrogens with one attached hydrogen (secondary N) is 2. The molecule has 1 saturated heterocycles. The maximum absolute atomic E-state index is 5.38. The fraction of sp³-hybridized carbons (Fsp3) is 0.421. The summed E-state index contributed by atoms with van der Waals surface area (Å²) in [6.07, 6.45) is 3.61. The zero-order valence-electron chi connectivity index (χ0n) is 15.2. The van der Waals surface area contributed by atoms with Crippen molar-refractivity contribution in [3.63, 3.8) is 0 Å². The summed E-state index contributed by atoms with van der Waals surface area (Å²) in [6.45, 7) is 3.87. The van der Waals surface area contributed by atoms with Crippen LogP contribution in [0.2, 0.25) is 0 Å². The Bertz CT molecular complexity index is 740. The van der Waals surface area contributed by atoms with Gasteiger partial charge < -0.3 is 20.3 Å². The number of rotatable bonds is 5. The Kier molecular flexibility index (Phi) is 6.22. The first kappa shape index (κ1) is 18.4. The molecule has 0 bridgehead atoms. The number of hydrogen-bond acceptors (Lipinski definition) is 5. The van der Waals surface area contributed by atoms with Gasteiger partial charge >= 0.3 is 0 Å². The lowest BCUT2D eigenvalue weighted by Crippen LogP contribution is -2.38. The topological polar surface area (TPSA) is 62.3 Å². The summed E-state index contributed by atoms with van der Waals surface area (Å²) in [5, 5.41) is 6.74. The van der Waals surface area contributed by atoms with Crippen molar-refractivity contribution in [2.45, 2.75) is 38.8 Å². The molecule has 1 atom stereocenters. The van der Waals surface area contributed by atoms with Crippen LogP contribution in [0.25, 0.3) is 0 Å². The predicted octanol–water partition coefficient (Wildman–Crippen LogP) is 3.35. The molecule has 2 N–H and O–H groups in total. The molecule has 26 heavy (non-hydrogen) atoms. The van der Waals surface area contributed by atoms with Gasteiger partial charge in [0, 0.05) is 25.2 Å². The van der Waals surface area contributed by atoms with Crippen LogP contribution >= 0.6 is 12.2 Å². The largest absolute Gasteiger partial charge is 0.481 e. The van der Waals surface area contributed by atoms with E-state index in [1.54, 1.807) is 7.11 Å². The van der Waals surface area contributed by atoms with E-state index in [1.807, 2.05) is 36.4 Å². The molecule has 2 heterocycles. The van der Waals surface area contributed by atoms with E-state index in [2.05, 4.69) is 32.4 Å². The van der Waals surface area contributed by atoms with Crippen LogP contribution in [0.4, 0.5) is 11.8 Å². The Balaban J connectivity index is 1.68. The molecule has 0 spiro atoms. The van der Waals surface area contributed by atoms with Gasteiger partial charge in [-0.3, -0.25) is 0 Å². The molecule has 0 unspecified atom stereocenters. The van der Waals surface area contributed by atoms with Gasteiger partial charge in [0.05, 0.1) is 7.11 Å². The molecule has 1 aromatic carbocycles. The highest BCUT2D eigenvalue weighted by molar-refractivity contribution is 7.80. The second-order valence-electron chi connectivity index (χ2n) is 6.42.